The topological polar surface area (TPSA) is 58.8 Å². The Morgan fingerprint density at radius 3 is 2.33 bits per heavy atom. The zero-order valence-electron chi connectivity index (χ0n) is 13.0. The van der Waals surface area contributed by atoms with Gasteiger partial charge in [-0.05, 0) is 19.3 Å². The number of halogens is 2. The van der Waals surface area contributed by atoms with Gasteiger partial charge in [0.15, 0.2) is 0 Å². The third-order valence-corrected chi connectivity index (χ3v) is 4.40. The molecule has 0 aromatic rings. The predicted molar refractivity (Wildman–Crippen MR) is 89.3 cm³/mol. The summed E-state index contributed by atoms with van der Waals surface area (Å²) in [5, 5.41) is 0. The summed E-state index contributed by atoms with van der Waals surface area (Å²) in [5.41, 5.74) is 5.81. The number of nitrogens with two attached hydrogens (primary N) is 1. The van der Waals surface area contributed by atoms with Crippen LogP contribution in [-0.2, 0) is 9.53 Å². The lowest BCUT2D eigenvalue weighted by Gasteiger charge is -2.37. The van der Waals surface area contributed by atoms with Crippen molar-refractivity contribution < 1.29 is 9.53 Å². The second-order valence-corrected chi connectivity index (χ2v) is 6.00. The van der Waals surface area contributed by atoms with Gasteiger partial charge in [-0.15, -0.1) is 24.8 Å². The fraction of sp³-hybridized carbons (Fsp3) is 0.929. The minimum absolute atomic E-state index is 0. The van der Waals surface area contributed by atoms with Crippen LogP contribution in [0.25, 0.3) is 0 Å². The molecule has 2 heterocycles. The van der Waals surface area contributed by atoms with Gasteiger partial charge in [-0.1, -0.05) is 6.92 Å². The van der Waals surface area contributed by atoms with E-state index in [4.69, 9.17) is 10.5 Å². The molecule has 0 aliphatic carbocycles. The Kier molecular flexibility index (Phi) is 9.81. The molecule has 2 fully saturated rings. The van der Waals surface area contributed by atoms with Gasteiger partial charge >= 0.3 is 0 Å². The first kappa shape index (κ1) is 20.9. The molecule has 0 aromatic carbocycles. The maximum Gasteiger partial charge on any atom is 0.227 e. The third kappa shape index (κ3) is 5.91. The lowest BCUT2D eigenvalue weighted by Crippen LogP contribution is -2.52. The summed E-state index contributed by atoms with van der Waals surface area (Å²) in [7, 11) is 0. The van der Waals surface area contributed by atoms with Gasteiger partial charge in [0.2, 0.25) is 5.91 Å². The van der Waals surface area contributed by atoms with Gasteiger partial charge in [0.05, 0.1) is 12.5 Å². The number of carbonyl (C=O) groups is 1. The molecule has 1 amide bonds. The van der Waals surface area contributed by atoms with Crippen LogP contribution in [0.2, 0.25) is 0 Å². The van der Waals surface area contributed by atoms with Gasteiger partial charge in [-0.2, -0.15) is 0 Å². The molecule has 2 rings (SSSR count). The zero-order valence-corrected chi connectivity index (χ0v) is 14.6. The summed E-state index contributed by atoms with van der Waals surface area (Å²) in [6, 6.07) is -0.0684. The molecule has 0 bridgehead atoms. The van der Waals surface area contributed by atoms with Crippen LogP contribution < -0.4 is 5.73 Å². The Labute approximate surface area is 140 Å². The Balaban J connectivity index is 0.00000200. The van der Waals surface area contributed by atoms with E-state index < -0.39 is 0 Å². The molecule has 3 atom stereocenters. The van der Waals surface area contributed by atoms with Gasteiger partial charge < -0.3 is 15.4 Å². The van der Waals surface area contributed by atoms with Crippen LogP contribution >= 0.6 is 24.8 Å². The highest BCUT2D eigenvalue weighted by Gasteiger charge is 2.28. The minimum atomic E-state index is -0.0743. The fourth-order valence-corrected chi connectivity index (χ4v) is 2.76. The van der Waals surface area contributed by atoms with E-state index in [0.29, 0.717) is 5.92 Å². The summed E-state index contributed by atoms with van der Waals surface area (Å²) in [6.45, 7) is 10.4. The van der Waals surface area contributed by atoms with Crippen molar-refractivity contribution in [3.05, 3.63) is 0 Å². The SMILES string of the molecule is CC(N)C(C)C(=O)N1CCN(CC2CCOC2)CC1.Cl.Cl. The maximum atomic E-state index is 12.2. The van der Waals surface area contributed by atoms with Crippen LogP contribution in [0.1, 0.15) is 20.3 Å². The van der Waals surface area contributed by atoms with Crippen LogP contribution in [0.4, 0.5) is 0 Å². The van der Waals surface area contributed by atoms with Gasteiger partial charge in [-0.25, -0.2) is 0 Å². The Morgan fingerprint density at radius 1 is 1.24 bits per heavy atom. The van der Waals surface area contributed by atoms with Crippen LogP contribution in [0.3, 0.4) is 0 Å². The number of carbonyl (C=O) groups excluding carboxylic acids is 1. The molecule has 2 N–H and O–H groups in total. The summed E-state index contributed by atoms with van der Waals surface area (Å²) < 4.78 is 5.41. The van der Waals surface area contributed by atoms with Gasteiger partial charge in [0, 0.05) is 45.4 Å². The Bertz CT molecular complexity index is 305. The number of rotatable bonds is 4. The number of ether oxygens (including phenoxy) is 1. The highest BCUT2D eigenvalue weighted by molar-refractivity contribution is 5.85. The second kappa shape index (κ2) is 9.85. The number of nitrogens with zero attached hydrogens (tertiary/aromatic N) is 2. The maximum absolute atomic E-state index is 12.2. The normalized spacial score (nSPS) is 25.7. The first-order chi connectivity index (χ1) is 9.08. The number of piperazine rings is 1. The first-order valence-electron chi connectivity index (χ1n) is 7.42. The average molecular weight is 342 g/mol. The molecular formula is C14H29Cl2N3O2. The molecule has 0 saturated carbocycles. The van der Waals surface area contributed by atoms with Crippen LogP contribution in [0.15, 0.2) is 0 Å². The van der Waals surface area contributed by atoms with Crippen molar-refractivity contribution in [3.63, 3.8) is 0 Å². The molecule has 3 unspecified atom stereocenters. The zero-order chi connectivity index (χ0) is 13.8. The van der Waals surface area contributed by atoms with Crippen molar-refractivity contribution in [2.75, 3.05) is 45.9 Å². The molecule has 126 valence electrons. The summed E-state index contributed by atoms with van der Waals surface area (Å²) >= 11 is 0. The van der Waals surface area contributed by atoms with Crippen molar-refractivity contribution in [2.45, 2.75) is 26.3 Å². The number of hydrogen-bond acceptors (Lipinski definition) is 4. The monoisotopic (exact) mass is 341 g/mol. The van der Waals surface area contributed by atoms with E-state index in [1.54, 1.807) is 0 Å². The van der Waals surface area contributed by atoms with E-state index in [1.807, 2.05) is 18.7 Å². The van der Waals surface area contributed by atoms with E-state index in [0.717, 1.165) is 45.9 Å². The molecule has 2 aliphatic rings. The van der Waals surface area contributed by atoms with Crippen LogP contribution in [0, 0.1) is 11.8 Å². The fourth-order valence-electron chi connectivity index (χ4n) is 2.76. The van der Waals surface area contributed by atoms with Gasteiger partial charge in [-0.3, -0.25) is 9.69 Å². The van der Waals surface area contributed by atoms with E-state index in [-0.39, 0.29) is 42.7 Å². The standard InChI is InChI=1S/C14H27N3O2.2ClH/c1-11(12(2)15)14(18)17-6-4-16(5-7-17)9-13-3-8-19-10-13;;/h11-13H,3-10,15H2,1-2H3;2*1H. The van der Waals surface area contributed by atoms with Gasteiger partial charge in [0.1, 0.15) is 0 Å². The molecule has 5 nitrogen and oxygen atoms in total. The average Bonchev–Trinajstić information content (AvgIpc) is 2.90. The van der Waals surface area contributed by atoms with Crippen molar-refractivity contribution >= 4 is 30.7 Å². The lowest BCUT2D eigenvalue weighted by molar-refractivity contribution is -0.137. The molecule has 21 heavy (non-hydrogen) atoms. The second-order valence-electron chi connectivity index (χ2n) is 6.00. The molecule has 2 aliphatic heterocycles. The van der Waals surface area contributed by atoms with E-state index in [9.17, 15) is 4.79 Å². The molecule has 7 heteroatoms. The third-order valence-electron chi connectivity index (χ3n) is 4.40. The molecule has 0 spiro atoms. The summed E-state index contributed by atoms with van der Waals surface area (Å²) in [4.78, 5) is 16.6. The van der Waals surface area contributed by atoms with E-state index in [2.05, 4.69) is 4.90 Å². The Hall–Kier alpha value is -0.0700. The van der Waals surface area contributed by atoms with Crippen molar-refractivity contribution in [3.8, 4) is 0 Å². The first-order valence-corrected chi connectivity index (χ1v) is 7.42. The highest BCUT2D eigenvalue weighted by atomic mass is 35.5. The highest BCUT2D eigenvalue weighted by Crippen LogP contribution is 2.16. The molecular weight excluding hydrogens is 313 g/mol. The van der Waals surface area contributed by atoms with Crippen LogP contribution in [0.5, 0.6) is 0 Å². The quantitative estimate of drug-likeness (QED) is 0.828. The molecule has 2 saturated heterocycles. The largest absolute Gasteiger partial charge is 0.381 e. The summed E-state index contributed by atoms with van der Waals surface area (Å²) in [6.07, 6.45) is 1.18. The van der Waals surface area contributed by atoms with Crippen molar-refractivity contribution in [2.24, 2.45) is 17.6 Å². The summed E-state index contributed by atoms with van der Waals surface area (Å²) in [5.74, 6) is 0.818. The van der Waals surface area contributed by atoms with E-state index in [1.165, 1.54) is 6.42 Å². The smallest absolute Gasteiger partial charge is 0.227 e. The number of amides is 1. The lowest BCUT2D eigenvalue weighted by atomic mass is 10.0. The van der Waals surface area contributed by atoms with Gasteiger partial charge in [0.25, 0.3) is 0 Å². The predicted octanol–water partition coefficient (Wildman–Crippen LogP) is 0.994. The molecule has 0 aromatic heterocycles. The number of hydrogen-bond donors (Lipinski definition) is 1. The Morgan fingerprint density at radius 2 is 1.86 bits per heavy atom. The minimum Gasteiger partial charge on any atom is -0.381 e. The van der Waals surface area contributed by atoms with Crippen LogP contribution in [-0.4, -0.2) is 67.7 Å². The van der Waals surface area contributed by atoms with Crippen molar-refractivity contribution in [1.29, 1.82) is 0 Å². The van der Waals surface area contributed by atoms with E-state index >= 15 is 0 Å². The molecule has 0 radical (unpaired) electrons. The van der Waals surface area contributed by atoms with Crippen molar-refractivity contribution in [1.82, 2.24) is 9.80 Å².